The molecular weight excluding hydrogens is 216 g/mol. The number of aromatic nitrogens is 1. The molecule has 1 fully saturated rings. The second kappa shape index (κ2) is 4.63. The van der Waals surface area contributed by atoms with Crippen molar-refractivity contribution in [3.05, 3.63) is 23.4 Å². The Bertz CT molecular complexity index is 408. The average molecular weight is 234 g/mol. The first-order valence-corrected chi connectivity index (χ1v) is 6.33. The van der Waals surface area contributed by atoms with E-state index < -0.39 is 0 Å². The highest BCUT2D eigenvalue weighted by Crippen LogP contribution is 2.24. The number of hydrogen-bond donors (Lipinski definition) is 1. The summed E-state index contributed by atoms with van der Waals surface area (Å²) in [5.74, 6) is 1.03. The summed E-state index contributed by atoms with van der Waals surface area (Å²) >= 11 is 0. The zero-order chi connectivity index (χ0) is 11.7. The van der Waals surface area contributed by atoms with E-state index in [0.717, 1.165) is 25.3 Å². The predicted molar refractivity (Wildman–Crippen MR) is 65.3 cm³/mol. The van der Waals surface area contributed by atoms with Crippen LogP contribution < -0.4 is 4.90 Å². The third kappa shape index (κ3) is 2.15. The highest BCUT2D eigenvalue weighted by molar-refractivity contribution is 5.43. The molecule has 92 valence electrons. The number of pyridine rings is 1. The maximum atomic E-state index is 9.14. The highest BCUT2D eigenvalue weighted by atomic mass is 16.5. The summed E-state index contributed by atoms with van der Waals surface area (Å²) in [5, 5.41) is 9.14. The van der Waals surface area contributed by atoms with Gasteiger partial charge in [0.15, 0.2) is 0 Å². The molecule has 1 aliphatic carbocycles. The van der Waals surface area contributed by atoms with Crippen LogP contribution in [-0.2, 0) is 17.6 Å². The molecule has 1 aliphatic heterocycles. The lowest BCUT2D eigenvalue weighted by molar-refractivity contribution is 0.00335. The molecule has 0 spiro atoms. The van der Waals surface area contributed by atoms with Gasteiger partial charge in [-0.2, -0.15) is 0 Å². The lowest BCUT2D eigenvalue weighted by atomic mass is 10.2. The summed E-state index contributed by atoms with van der Waals surface area (Å²) in [7, 11) is 0. The Balaban J connectivity index is 1.79. The van der Waals surface area contributed by atoms with E-state index in [1.54, 1.807) is 0 Å². The van der Waals surface area contributed by atoms with Crippen LogP contribution in [0.1, 0.15) is 17.7 Å². The summed E-state index contributed by atoms with van der Waals surface area (Å²) in [6.07, 6.45) is 3.44. The normalized spacial score (nSPS) is 23.8. The Hall–Kier alpha value is -1.13. The first kappa shape index (κ1) is 11.0. The van der Waals surface area contributed by atoms with E-state index in [-0.39, 0.29) is 12.7 Å². The molecule has 0 bridgehead atoms. The lowest BCUT2D eigenvalue weighted by Gasteiger charge is -2.33. The summed E-state index contributed by atoms with van der Waals surface area (Å²) in [6.45, 7) is 2.36. The summed E-state index contributed by atoms with van der Waals surface area (Å²) in [4.78, 5) is 6.95. The van der Waals surface area contributed by atoms with Gasteiger partial charge in [0, 0.05) is 18.8 Å². The molecule has 0 amide bonds. The summed E-state index contributed by atoms with van der Waals surface area (Å²) in [5.41, 5.74) is 2.66. The van der Waals surface area contributed by atoms with Crippen LogP contribution in [0.3, 0.4) is 0 Å². The molecule has 0 saturated carbocycles. The molecular formula is C13H18N2O2. The van der Waals surface area contributed by atoms with Crippen molar-refractivity contribution in [1.82, 2.24) is 4.98 Å². The van der Waals surface area contributed by atoms with E-state index in [0.29, 0.717) is 6.61 Å². The number of morpholine rings is 1. The van der Waals surface area contributed by atoms with E-state index in [1.807, 2.05) is 0 Å². The maximum Gasteiger partial charge on any atom is 0.128 e. The van der Waals surface area contributed by atoms with Crippen molar-refractivity contribution in [3.63, 3.8) is 0 Å². The number of rotatable bonds is 2. The number of aliphatic hydroxyl groups excluding tert-OH is 1. The van der Waals surface area contributed by atoms with Crippen molar-refractivity contribution in [2.75, 3.05) is 31.2 Å². The van der Waals surface area contributed by atoms with E-state index in [4.69, 9.17) is 14.8 Å². The van der Waals surface area contributed by atoms with Crippen molar-refractivity contribution in [3.8, 4) is 0 Å². The SMILES string of the molecule is OCC1CN(c2ccc3c(n2)CCC3)CCO1. The van der Waals surface area contributed by atoms with Crippen LogP contribution in [0.5, 0.6) is 0 Å². The molecule has 4 heteroatoms. The Morgan fingerprint density at radius 1 is 1.41 bits per heavy atom. The minimum absolute atomic E-state index is 0.0706. The molecule has 1 aromatic rings. The van der Waals surface area contributed by atoms with E-state index >= 15 is 0 Å². The zero-order valence-electron chi connectivity index (χ0n) is 9.93. The number of ether oxygens (including phenoxy) is 1. The Morgan fingerprint density at radius 3 is 3.24 bits per heavy atom. The Morgan fingerprint density at radius 2 is 2.35 bits per heavy atom. The molecule has 1 N–H and O–H groups in total. The maximum absolute atomic E-state index is 9.14. The molecule has 2 aliphatic rings. The first-order chi connectivity index (χ1) is 8.36. The third-order valence-corrected chi connectivity index (χ3v) is 3.58. The molecule has 3 rings (SSSR count). The summed E-state index contributed by atoms with van der Waals surface area (Å²) < 4.78 is 5.45. The molecule has 0 aromatic carbocycles. The van der Waals surface area contributed by atoms with Crippen LogP contribution in [0.2, 0.25) is 0 Å². The van der Waals surface area contributed by atoms with Gasteiger partial charge < -0.3 is 14.7 Å². The summed E-state index contributed by atoms with van der Waals surface area (Å²) in [6, 6.07) is 4.30. The van der Waals surface area contributed by atoms with Crippen molar-refractivity contribution in [2.45, 2.75) is 25.4 Å². The number of hydrogen-bond acceptors (Lipinski definition) is 4. The fourth-order valence-electron chi connectivity index (χ4n) is 2.62. The van der Waals surface area contributed by atoms with Crippen LogP contribution >= 0.6 is 0 Å². The van der Waals surface area contributed by atoms with Crippen molar-refractivity contribution >= 4 is 5.82 Å². The van der Waals surface area contributed by atoms with Crippen LogP contribution in [0.25, 0.3) is 0 Å². The topological polar surface area (TPSA) is 45.6 Å². The second-order valence-corrected chi connectivity index (χ2v) is 4.75. The van der Waals surface area contributed by atoms with Crippen LogP contribution in [0.15, 0.2) is 12.1 Å². The number of fused-ring (bicyclic) bond motifs is 1. The molecule has 4 nitrogen and oxygen atoms in total. The average Bonchev–Trinajstić information content (AvgIpc) is 2.86. The first-order valence-electron chi connectivity index (χ1n) is 6.33. The van der Waals surface area contributed by atoms with Gasteiger partial charge in [-0.25, -0.2) is 4.98 Å². The minimum Gasteiger partial charge on any atom is -0.394 e. The third-order valence-electron chi connectivity index (χ3n) is 3.58. The van der Waals surface area contributed by atoms with E-state index in [2.05, 4.69) is 17.0 Å². The molecule has 0 radical (unpaired) electrons. The fraction of sp³-hybridized carbons (Fsp3) is 0.615. The van der Waals surface area contributed by atoms with Crippen molar-refractivity contribution in [2.24, 2.45) is 0 Å². The highest BCUT2D eigenvalue weighted by Gasteiger charge is 2.22. The quantitative estimate of drug-likeness (QED) is 0.821. The smallest absolute Gasteiger partial charge is 0.128 e. The van der Waals surface area contributed by atoms with Gasteiger partial charge in [0.05, 0.1) is 19.3 Å². The number of aryl methyl sites for hydroxylation is 2. The van der Waals surface area contributed by atoms with Crippen LogP contribution in [0.4, 0.5) is 5.82 Å². The molecule has 1 atom stereocenters. The van der Waals surface area contributed by atoms with Crippen molar-refractivity contribution in [1.29, 1.82) is 0 Å². The van der Waals surface area contributed by atoms with E-state index in [1.165, 1.54) is 24.1 Å². The zero-order valence-corrected chi connectivity index (χ0v) is 9.93. The fourth-order valence-corrected chi connectivity index (χ4v) is 2.62. The van der Waals surface area contributed by atoms with Gasteiger partial charge in [0.1, 0.15) is 5.82 Å². The number of anilines is 1. The van der Waals surface area contributed by atoms with Gasteiger partial charge in [-0.15, -0.1) is 0 Å². The second-order valence-electron chi connectivity index (χ2n) is 4.75. The lowest BCUT2D eigenvalue weighted by Crippen LogP contribution is -2.44. The van der Waals surface area contributed by atoms with Gasteiger partial charge >= 0.3 is 0 Å². The van der Waals surface area contributed by atoms with Gasteiger partial charge in [-0.1, -0.05) is 6.07 Å². The van der Waals surface area contributed by atoms with Crippen LogP contribution in [0, 0.1) is 0 Å². The molecule has 2 heterocycles. The monoisotopic (exact) mass is 234 g/mol. The molecule has 17 heavy (non-hydrogen) atoms. The number of aliphatic hydroxyl groups is 1. The molecule has 1 saturated heterocycles. The largest absolute Gasteiger partial charge is 0.394 e. The van der Waals surface area contributed by atoms with Crippen molar-refractivity contribution < 1.29 is 9.84 Å². The predicted octanol–water partition coefficient (Wildman–Crippen LogP) is 0.768. The Kier molecular flexibility index (Phi) is 2.99. The van der Waals surface area contributed by atoms with E-state index in [9.17, 15) is 0 Å². The van der Waals surface area contributed by atoms with Gasteiger partial charge in [0.2, 0.25) is 0 Å². The van der Waals surface area contributed by atoms with Gasteiger partial charge in [-0.05, 0) is 30.9 Å². The van der Waals surface area contributed by atoms with Gasteiger partial charge in [-0.3, -0.25) is 0 Å². The Labute approximate surface area is 101 Å². The van der Waals surface area contributed by atoms with Crippen LogP contribution in [-0.4, -0.2) is 42.5 Å². The molecule has 1 aromatic heterocycles. The van der Waals surface area contributed by atoms with Gasteiger partial charge in [0.25, 0.3) is 0 Å². The number of nitrogens with zero attached hydrogens (tertiary/aromatic N) is 2. The molecule has 1 unspecified atom stereocenters. The minimum atomic E-state index is -0.0706. The standard InChI is InChI=1S/C13H18N2O2/c16-9-11-8-15(6-7-17-11)13-5-4-10-2-1-3-12(10)14-13/h4-5,11,16H,1-3,6-9H2.